The van der Waals surface area contributed by atoms with Crippen LogP contribution in [0.15, 0.2) is 59.7 Å². The lowest BCUT2D eigenvalue weighted by molar-refractivity contribution is -0.136. The Balaban J connectivity index is 1.14. The van der Waals surface area contributed by atoms with Crippen LogP contribution in [0.4, 0.5) is 5.69 Å². The van der Waals surface area contributed by atoms with E-state index < -0.39 is 5.60 Å². The molecule has 3 heterocycles. The fourth-order valence-corrected chi connectivity index (χ4v) is 5.84. The van der Waals surface area contributed by atoms with Crippen LogP contribution >= 0.6 is 0 Å². The Bertz CT molecular complexity index is 1440. The van der Waals surface area contributed by atoms with Gasteiger partial charge in [0.25, 0.3) is 5.56 Å². The highest BCUT2D eigenvalue weighted by Gasteiger charge is 2.35. The zero-order chi connectivity index (χ0) is 29.7. The standard InChI is InChI=1S/C32H42N6O4/c1-24(25-6-4-3-5-7-25)20-30(40)37-14-11-32(42,12-15-37)22-38-23-33-28-21-26(8-9-27(28)31(38)41)34-29(39)10-13-36-18-16-35(2)17-19-36/h3-9,21,23-24,42H,10-20,22H2,1-2H3,(H,34,39)/t24-/m0/s1. The number of carbonyl (C=O) groups excluding carboxylic acids is 2. The average Bonchev–Trinajstić information content (AvgIpc) is 2.99. The Morgan fingerprint density at radius 2 is 1.74 bits per heavy atom. The van der Waals surface area contributed by atoms with E-state index in [0.29, 0.717) is 55.4 Å². The molecule has 2 N–H and O–H groups in total. The van der Waals surface area contributed by atoms with E-state index in [0.717, 1.165) is 38.3 Å². The fraction of sp³-hybridized carbons (Fsp3) is 0.500. The van der Waals surface area contributed by atoms with Crippen LogP contribution in [0.25, 0.3) is 10.9 Å². The summed E-state index contributed by atoms with van der Waals surface area (Å²) in [5.41, 5.74) is 0.897. The molecular weight excluding hydrogens is 532 g/mol. The Hall–Kier alpha value is -3.60. The lowest BCUT2D eigenvalue weighted by Gasteiger charge is -2.38. The molecule has 2 aromatic carbocycles. The number of rotatable bonds is 9. The van der Waals surface area contributed by atoms with Crippen LogP contribution in [0.1, 0.15) is 44.1 Å². The highest BCUT2D eigenvalue weighted by atomic mass is 16.3. The van der Waals surface area contributed by atoms with Crippen LogP contribution in [0.2, 0.25) is 0 Å². The molecule has 2 saturated heterocycles. The highest BCUT2D eigenvalue weighted by molar-refractivity contribution is 5.93. The molecule has 42 heavy (non-hydrogen) atoms. The first-order chi connectivity index (χ1) is 20.2. The third kappa shape index (κ3) is 7.42. The minimum absolute atomic E-state index is 0.0665. The van der Waals surface area contributed by atoms with Gasteiger partial charge in [-0.3, -0.25) is 19.0 Å². The SMILES string of the molecule is C[C@@H](CC(=O)N1CCC(O)(Cn2cnc3cc(NC(=O)CCN4CCN(C)CC4)ccc3c2=O)CC1)c1ccccc1. The molecule has 3 aromatic rings. The Kier molecular flexibility index (Phi) is 9.35. The Morgan fingerprint density at radius 3 is 2.45 bits per heavy atom. The second kappa shape index (κ2) is 13.1. The van der Waals surface area contributed by atoms with Crippen LogP contribution in [-0.2, 0) is 16.1 Å². The predicted molar refractivity (Wildman–Crippen MR) is 163 cm³/mol. The van der Waals surface area contributed by atoms with Crippen molar-refractivity contribution >= 4 is 28.4 Å². The summed E-state index contributed by atoms with van der Waals surface area (Å²) in [4.78, 5) is 49.6. The van der Waals surface area contributed by atoms with Crippen molar-refractivity contribution in [2.75, 3.05) is 58.2 Å². The summed E-state index contributed by atoms with van der Waals surface area (Å²) < 4.78 is 1.45. The van der Waals surface area contributed by atoms with Gasteiger partial charge >= 0.3 is 0 Å². The second-order valence-corrected chi connectivity index (χ2v) is 12.0. The van der Waals surface area contributed by atoms with Gasteiger partial charge in [-0.25, -0.2) is 4.98 Å². The van der Waals surface area contributed by atoms with Crippen molar-refractivity contribution in [1.82, 2.24) is 24.3 Å². The summed E-state index contributed by atoms with van der Waals surface area (Å²) in [5, 5.41) is 14.7. The average molecular weight is 575 g/mol. The number of benzene rings is 2. The molecule has 0 saturated carbocycles. The van der Waals surface area contributed by atoms with Gasteiger partial charge in [-0.15, -0.1) is 0 Å². The second-order valence-electron chi connectivity index (χ2n) is 12.0. The van der Waals surface area contributed by atoms with E-state index >= 15 is 0 Å². The number of aliphatic hydroxyl groups is 1. The molecular formula is C32H42N6O4. The van der Waals surface area contributed by atoms with E-state index in [2.05, 4.69) is 34.1 Å². The molecule has 0 unspecified atom stereocenters. The van der Waals surface area contributed by atoms with Crippen molar-refractivity contribution in [3.63, 3.8) is 0 Å². The molecule has 2 fully saturated rings. The van der Waals surface area contributed by atoms with Crippen LogP contribution in [-0.4, -0.2) is 99.6 Å². The van der Waals surface area contributed by atoms with Crippen LogP contribution < -0.4 is 10.9 Å². The van der Waals surface area contributed by atoms with Gasteiger partial charge in [0.15, 0.2) is 0 Å². The summed E-state index contributed by atoms with van der Waals surface area (Å²) in [5.74, 6) is 0.140. The van der Waals surface area contributed by atoms with E-state index in [1.807, 2.05) is 35.2 Å². The zero-order valence-corrected chi connectivity index (χ0v) is 24.7. The number of piperidine rings is 1. The fourth-order valence-electron chi connectivity index (χ4n) is 5.84. The quantitative estimate of drug-likeness (QED) is 0.404. The summed E-state index contributed by atoms with van der Waals surface area (Å²) in [6.45, 7) is 7.75. The zero-order valence-electron chi connectivity index (χ0n) is 24.7. The van der Waals surface area contributed by atoms with Crippen molar-refractivity contribution in [3.05, 3.63) is 70.8 Å². The number of likely N-dealkylation sites (N-methyl/N-ethyl adjacent to an activating group) is 1. The first-order valence-corrected chi connectivity index (χ1v) is 14.9. The maximum Gasteiger partial charge on any atom is 0.261 e. The molecule has 10 nitrogen and oxygen atoms in total. The van der Waals surface area contributed by atoms with Crippen molar-refractivity contribution in [3.8, 4) is 0 Å². The minimum Gasteiger partial charge on any atom is -0.388 e. The molecule has 2 aliphatic heterocycles. The van der Waals surface area contributed by atoms with Crippen molar-refractivity contribution in [2.45, 2.75) is 50.7 Å². The summed E-state index contributed by atoms with van der Waals surface area (Å²) in [6, 6.07) is 15.1. The number of piperazine rings is 1. The summed E-state index contributed by atoms with van der Waals surface area (Å²) >= 11 is 0. The molecule has 10 heteroatoms. The van der Waals surface area contributed by atoms with Gasteiger partial charge in [0.1, 0.15) is 0 Å². The Morgan fingerprint density at radius 1 is 1.02 bits per heavy atom. The number of nitrogens with zero attached hydrogens (tertiary/aromatic N) is 5. The van der Waals surface area contributed by atoms with Gasteiger partial charge in [0.2, 0.25) is 11.8 Å². The third-order valence-corrected chi connectivity index (χ3v) is 8.72. The van der Waals surface area contributed by atoms with E-state index in [4.69, 9.17) is 0 Å². The molecule has 1 atom stereocenters. The number of fused-ring (bicyclic) bond motifs is 1. The number of amides is 2. The summed E-state index contributed by atoms with van der Waals surface area (Å²) in [7, 11) is 2.11. The van der Waals surface area contributed by atoms with Gasteiger partial charge in [-0.2, -0.15) is 0 Å². The molecule has 224 valence electrons. The largest absolute Gasteiger partial charge is 0.388 e. The molecule has 2 aliphatic rings. The van der Waals surface area contributed by atoms with Gasteiger partial charge in [0.05, 0.1) is 29.4 Å². The highest BCUT2D eigenvalue weighted by Crippen LogP contribution is 2.27. The molecule has 0 bridgehead atoms. The van der Waals surface area contributed by atoms with Crippen molar-refractivity contribution in [2.24, 2.45) is 0 Å². The lowest BCUT2D eigenvalue weighted by Crippen LogP contribution is -2.49. The number of nitrogens with one attached hydrogen (secondary N) is 1. The molecule has 2 amide bonds. The molecule has 0 spiro atoms. The van der Waals surface area contributed by atoms with Gasteiger partial charge < -0.3 is 25.1 Å². The topological polar surface area (TPSA) is 111 Å². The number of carbonyl (C=O) groups is 2. The van der Waals surface area contributed by atoms with Gasteiger partial charge in [-0.1, -0.05) is 37.3 Å². The van der Waals surface area contributed by atoms with E-state index in [-0.39, 0.29) is 29.8 Å². The number of aromatic nitrogens is 2. The number of anilines is 1. The molecule has 0 radical (unpaired) electrons. The van der Waals surface area contributed by atoms with Crippen LogP contribution in [0, 0.1) is 0 Å². The first kappa shape index (κ1) is 29.9. The summed E-state index contributed by atoms with van der Waals surface area (Å²) in [6.07, 6.45) is 3.07. The maximum absolute atomic E-state index is 13.3. The third-order valence-electron chi connectivity index (χ3n) is 8.72. The molecule has 0 aliphatic carbocycles. The molecule has 1 aromatic heterocycles. The van der Waals surface area contributed by atoms with E-state index in [9.17, 15) is 19.5 Å². The van der Waals surface area contributed by atoms with Gasteiger partial charge in [-0.05, 0) is 49.6 Å². The number of hydrogen-bond acceptors (Lipinski definition) is 7. The van der Waals surface area contributed by atoms with Crippen LogP contribution in [0.5, 0.6) is 0 Å². The van der Waals surface area contributed by atoms with Crippen LogP contribution in [0.3, 0.4) is 0 Å². The monoisotopic (exact) mass is 574 g/mol. The smallest absolute Gasteiger partial charge is 0.261 e. The van der Waals surface area contributed by atoms with Crippen molar-refractivity contribution < 1.29 is 14.7 Å². The number of likely N-dealkylation sites (tertiary alicyclic amines) is 1. The van der Waals surface area contributed by atoms with E-state index in [1.54, 1.807) is 18.2 Å². The maximum atomic E-state index is 13.3. The Labute approximate surface area is 246 Å². The number of hydrogen-bond donors (Lipinski definition) is 2. The first-order valence-electron chi connectivity index (χ1n) is 14.9. The minimum atomic E-state index is -1.10. The normalized spacial score (nSPS) is 18.6. The van der Waals surface area contributed by atoms with Crippen molar-refractivity contribution in [1.29, 1.82) is 0 Å². The molecule has 5 rings (SSSR count). The predicted octanol–water partition coefficient (Wildman–Crippen LogP) is 2.52. The lowest BCUT2D eigenvalue weighted by atomic mass is 9.90. The van der Waals surface area contributed by atoms with Gasteiger partial charge in [0, 0.05) is 64.3 Å². The van der Waals surface area contributed by atoms with E-state index in [1.165, 1.54) is 10.9 Å².